The lowest BCUT2D eigenvalue weighted by Gasteiger charge is -2.22. The number of amides is 1. The van der Waals surface area contributed by atoms with Crippen LogP contribution in [0.15, 0.2) is 48.5 Å². The van der Waals surface area contributed by atoms with Crippen molar-refractivity contribution in [2.24, 2.45) is 0 Å². The molecule has 0 fully saturated rings. The van der Waals surface area contributed by atoms with Crippen molar-refractivity contribution in [2.75, 3.05) is 22.4 Å². The number of hydrogen-bond donors (Lipinski definition) is 1. The molecule has 2 aromatic rings. The largest absolute Gasteiger partial charge is 0.326 e. The smallest absolute Gasteiger partial charge is 0.232 e. The first-order valence-electron chi connectivity index (χ1n) is 8.62. The van der Waals surface area contributed by atoms with Crippen molar-refractivity contribution in [1.29, 1.82) is 0 Å². The molecule has 0 heterocycles. The Morgan fingerprint density at radius 2 is 1.73 bits per heavy atom. The molecule has 2 aromatic carbocycles. The number of nitrogens with one attached hydrogen (secondary N) is 1. The molecule has 0 saturated heterocycles. The van der Waals surface area contributed by atoms with E-state index in [9.17, 15) is 13.2 Å². The van der Waals surface area contributed by atoms with Crippen LogP contribution in [-0.4, -0.2) is 27.1 Å². The minimum atomic E-state index is -3.46. The van der Waals surface area contributed by atoms with E-state index in [1.807, 2.05) is 31.2 Å². The average Bonchev–Trinajstić information content (AvgIpc) is 2.56. The fraction of sp³-hybridized carbons (Fsp3) is 0.350. The quantitative estimate of drug-likeness (QED) is 0.799. The van der Waals surface area contributed by atoms with Crippen molar-refractivity contribution in [3.63, 3.8) is 0 Å². The van der Waals surface area contributed by atoms with Gasteiger partial charge in [0, 0.05) is 18.7 Å². The van der Waals surface area contributed by atoms with Crippen LogP contribution in [0, 0.1) is 6.92 Å². The maximum absolute atomic E-state index is 12.5. The summed E-state index contributed by atoms with van der Waals surface area (Å²) in [4.78, 5) is 12.5. The summed E-state index contributed by atoms with van der Waals surface area (Å²) in [5.74, 6) is 0.0767. The highest BCUT2D eigenvalue weighted by molar-refractivity contribution is 7.92. The number of aryl methyl sites for hydroxylation is 1. The molecular formula is C20H26N2O3S. The van der Waals surface area contributed by atoms with Gasteiger partial charge < -0.3 is 5.32 Å². The summed E-state index contributed by atoms with van der Waals surface area (Å²) < 4.78 is 25.4. The Morgan fingerprint density at radius 3 is 2.31 bits per heavy atom. The highest BCUT2D eigenvalue weighted by Gasteiger charge is 2.19. The number of anilines is 2. The molecule has 0 bridgehead atoms. The minimum absolute atomic E-state index is 0.0772. The van der Waals surface area contributed by atoms with Gasteiger partial charge in [0.2, 0.25) is 15.9 Å². The van der Waals surface area contributed by atoms with Gasteiger partial charge in [-0.05, 0) is 36.1 Å². The molecule has 0 aliphatic heterocycles. The SMILES string of the molecule is Cc1cccc(C(C)C)c1NC(=O)CCN(c1ccccc1)S(C)(=O)=O. The number of carbonyl (C=O) groups excluding carboxylic acids is 1. The van der Waals surface area contributed by atoms with Gasteiger partial charge in [0.05, 0.1) is 11.9 Å². The van der Waals surface area contributed by atoms with Crippen molar-refractivity contribution < 1.29 is 13.2 Å². The normalized spacial score (nSPS) is 11.4. The molecule has 1 N–H and O–H groups in total. The first kappa shape index (κ1) is 20.0. The molecule has 1 amide bonds. The second kappa shape index (κ2) is 8.36. The highest BCUT2D eigenvalue weighted by atomic mass is 32.2. The van der Waals surface area contributed by atoms with Crippen LogP contribution in [0.2, 0.25) is 0 Å². The van der Waals surface area contributed by atoms with E-state index >= 15 is 0 Å². The van der Waals surface area contributed by atoms with Gasteiger partial charge in [-0.1, -0.05) is 50.2 Å². The molecule has 0 unspecified atom stereocenters. The molecule has 0 radical (unpaired) electrons. The molecule has 0 aromatic heterocycles. The van der Waals surface area contributed by atoms with Gasteiger partial charge in [-0.25, -0.2) is 8.42 Å². The Balaban J connectivity index is 2.13. The number of carbonyl (C=O) groups is 1. The molecule has 0 aliphatic carbocycles. The van der Waals surface area contributed by atoms with Gasteiger partial charge in [0.25, 0.3) is 0 Å². The number of hydrogen-bond acceptors (Lipinski definition) is 3. The van der Waals surface area contributed by atoms with Gasteiger partial charge in [-0.3, -0.25) is 9.10 Å². The summed E-state index contributed by atoms with van der Waals surface area (Å²) in [5.41, 5.74) is 3.44. The van der Waals surface area contributed by atoms with E-state index in [1.165, 1.54) is 4.31 Å². The van der Waals surface area contributed by atoms with E-state index in [2.05, 4.69) is 19.2 Å². The van der Waals surface area contributed by atoms with Gasteiger partial charge in [0.15, 0.2) is 0 Å². The van der Waals surface area contributed by atoms with Gasteiger partial charge in [-0.2, -0.15) is 0 Å². The highest BCUT2D eigenvalue weighted by Crippen LogP contribution is 2.27. The average molecular weight is 375 g/mol. The Morgan fingerprint density at radius 1 is 1.08 bits per heavy atom. The third-order valence-corrected chi connectivity index (χ3v) is 5.37. The van der Waals surface area contributed by atoms with Crippen LogP contribution in [0.4, 0.5) is 11.4 Å². The number of benzene rings is 2. The maximum atomic E-state index is 12.5. The molecule has 26 heavy (non-hydrogen) atoms. The van der Waals surface area contributed by atoms with E-state index in [1.54, 1.807) is 24.3 Å². The fourth-order valence-electron chi connectivity index (χ4n) is 2.83. The van der Waals surface area contributed by atoms with Crippen molar-refractivity contribution >= 4 is 27.3 Å². The fourth-order valence-corrected chi connectivity index (χ4v) is 3.76. The van der Waals surface area contributed by atoms with Crippen molar-refractivity contribution in [3.05, 3.63) is 59.7 Å². The van der Waals surface area contributed by atoms with Crippen molar-refractivity contribution in [2.45, 2.75) is 33.1 Å². The minimum Gasteiger partial charge on any atom is -0.326 e. The number of para-hydroxylation sites is 2. The summed E-state index contributed by atoms with van der Waals surface area (Å²) in [6.07, 6.45) is 1.23. The van der Waals surface area contributed by atoms with Crippen LogP contribution in [0.1, 0.15) is 37.3 Å². The Labute approximate surface area is 156 Å². The number of rotatable bonds is 7. The van der Waals surface area contributed by atoms with E-state index in [-0.39, 0.29) is 24.8 Å². The summed E-state index contributed by atoms with van der Waals surface area (Å²) in [6, 6.07) is 14.7. The van der Waals surface area contributed by atoms with Crippen LogP contribution >= 0.6 is 0 Å². The zero-order valence-electron chi connectivity index (χ0n) is 15.7. The van der Waals surface area contributed by atoms with Crippen LogP contribution in [0.5, 0.6) is 0 Å². The van der Waals surface area contributed by atoms with Crippen molar-refractivity contribution in [3.8, 4) is 0 Å². The van der Waals surface area contributed by atoms with Gasteiger partial charge in [-0.15, -0.1) is 0 Å². The molecule has 0 aliphatic rings. The zero-order chi connectivity index (χ0) is 19.3. The summed E-state index contributed by atoms with van der Waals surface area (Å²) >= 11 is 0. The standard InChI is InChI=1S/C20H26N2O3S/c1-15(2)18-12-8-9-16(3)20(18)21-19(23)13-14-22(26(4,24)25)17-10-6-5-7-11-17/h5-12,15H,13-14H2,1-4H3,(H,21,23). The van der Waals surface area contributed by atoms with Gasteiger partial charge >= 0.3 is 0 Å². The lowest BCUT2D eigenvalue weighted by Crippen LogP contribution is -2.33. The van der Waals surface area contributed by atoms with Crippen LogP contribution in [-0.2, 0) is 14.8 Å². The third-order valence-electron chi connectivity index (χ3n) is 4.18. The van der Waals surface area contributed by atoms with E-state index in [0.717, 1.165) is 23.1 Å². The first-order valence-corrected chi connectivity index (χ1v) is 10.5. The second-order valence-electron chi connectivity index (χ2n) is 6.66. The molecule has 6 heteroatoms. The Bertz CT molecular complexity index is 862. The Kier molecular flexibility index (Phi) is 6.42. The zero-order valence-corrected chi connectivity index (χ0v) is 16.5. The molecule has 2 rings (SSSR count). The number of sulfonamides is 1. The van der Waals surface area contributed by atoms with Crippen LogP contribution in [0.25, 0.3) is 0 Å². The molecule has 5 nitrogen and oxygen atoms in total. The monoisotopic (exact) mass is 374 g/mol. The predicted octanol–water partition coefficient (Wildman–Crippen LogP) is 3.91. The molecule has 0 atom stereocenters. The van der Waals surface area contributed by atoms with E-state index < -0.39 is 10.0 Å². The maximum Gasteiger partial charge on any atom is 0.232 e. The summed E-state index contributed by atoms with van der Waals surface area (Å²) in [5, 5.41) is 2.96. The third kappa shape index (κ3) is 5.08. The number of nitrogens with zero attached hydrogens (tertiary/aromatic N) is 1. The first-order chi connectivity index (χ1) is 12.2. The summed E-state index contributed by atoms with van der Waals surface area (Å²) in [6.45, 7) is 6.20. The van der Waals surface area contributed by atoms with E-state index in [4.69, 9.17) is 0 Å². The summed E-state index contributed by atoms with van der Waals surface area (Å²) in [7, 11) is -3.46. The molecule has 0 spiro atoms. The predicted molar refractivity (Wildman–Crippen MR) is 107 cm³/mol. The van der Waals surface area contributed by atoms with Gasteiger partial charge in [0.1, 0.15) is 0 Å². The topological polar surface area (TPSA) is 66.5 Å². The Hall–Kier alpha value is -2.34. The van der Waals surface area contributed by atoms with Crippen LogP contribution in [0.3, 0.4) is 0 Å². The lowest BCUT2D eigenvalue weighted by atomic mass is 9.98. The lowest BCUT2D eigenvalue weighted by molar-refractivity contribution is -0.116. The molecule has 140 valence electrons. The van der Waals surface area contributed by atoms with Crippen LogP contribution < -0.4 is 9.62 Å². The molecule has 0 saturated carbocycles. The van der Waals surface area contributed by atoms with Crippen molar-refractivity contribution in [1.82, 2.24) is 0 Å². The van der Waals surface area contributed by atoms with E-state index in [0.29, 0.717) is 5.69 Å². The second-order valence-corrected chi connectivity index (χ2v) is 8.57. The molecular weight excluding hydrogens is 348 g/mol.